The van der Waals surface area contributed by atoms with Gasteiger partial charge < -0.3 is 5.73 Å². The summed E-state index contributed by atoms with van der Waals surface area (Å²) >= 11 is 3.68. The molecule has 0 unspecified atom stereocenters. The van der Waals surface area contributed by atoms with Crippen LogP contribution in [0.2, 0.25) is 0 Å². The van der Waals surface area contributed by atoms with Gasteiger partial charge in [-0.05, 0) is 18.6 Å². The third kappa shape index (κ3) is 3.55. The molecule has 0 aromatic rings. The summed E-state index contributed by atoms with van der Waals surface area (Å²) in [7, 11) is 0. The Bertz CT molecular complexity index is 241. The van der Waals surface area contributed by atoms with Crippen LogP contribution >= 0.6 is 12.6 Å². The van der Waals surface area contributed by atoms with Gasteiger partial charge in [0.25, 0.3) is 0 Å². The quantitative estimate of drug-likeness (QED) is 0.393. The van der Waals surface area contributed by atoms with Crippen molar-refractivity contribution in [1.82, 2.24) is 0 Å². The van der Waals surface area contributed by atoms with Gasteiger partial charge in [-0.25, -0.2) is 0 Å². The lowest BCUT2D eigenvalue weighted by atomic mass is 10.1. The lowest BCUT2D eigenvalue weighted by molar-refractivity contribution is -0.107. The van der Waals surface area contributed by atoms with Crippen molar-refractivity contribution in [3.8, 4) is 0 Å². The number of rotatable bonds is 4. The van der Waals surface area contributed by atoms with Gasteiger partial charge in [0.1, 0.15) is 0 Å². The van der Waals surface area contributed by atoms with Crippen LogP contribution in [0.4, 0.5) is 0 Å². The van der Waals surface area contributed by atoms with Crippen molar-refractivity contribution < 1.29 is 4.79 Å². The zero-order chi connectivity index (χ0) is 9.56. The van der Waals surface area contributed by atoms with Crippen LogP contribution in [0.3, 0.4) is 0 Å². The molecule has 0 saturated carbocycles. The van der Waals surface area contributed by atoms with Crippen molar-refractivity contribution in [2.45, 2.75) is 6.92 Å². The highest BCUT2D eigenvalue weighted by molar-refractivity contribution is 7.97. The number of allylic oxidation sites excluding steroid dienone is 2. The largest absolute Gasteiger partial charge is 0.327 e. The summed E-state index contributed by atoms with van der Waals surface area (Å²) in [5, 5.41) is -0.294. The number of hydrogen-bond acceptors (Lipinski definition) is 2. The molecule has 3 heteroatoms. The van der Waals surface area contributed by atoms with E-state index < -0.39 is 0 Å². The van der Waals surface area contributed by atoms with Crippen LogP contribution in [-0.4, -0.2) is 11.7 Å². The maximum atomic E-state index is 10.8. The Labute approximate surface area is 78.2 Å². The van der Waals surface area contributed by atoms with E-state index in [9.17, 15) is 4.79 Å². The molecule has 66 valence electrons. The van der Waals surface area contributed by atoms with Crippen LogP contribution in [0.15, 0.2) is 36.0 Å². The molecular weight excluding hydrogens is 170 g/mol. The zero-order valence-corrected chi connectivity index (χ0v) is 7.97. The Morgan fingerprint density at radius 2 is 2.25 bits per heavy atom. The van der Waals surface area contributed by atoms with E-state index in [1.54, 1.807) is 6.08 Å². The molecule has 0 amide bonds. The lowest BCUT2D eigenvalue weighted by Crippen LogP contribution is -2.02. The van der Waals surface area contributed by atoms with Crippen molar-refractivity contribution in [2.24, 2.45) is 5.73 Å². The van der Waals surface area contributed by atoms with E-state index >= 15 is 0 Å². The first kappa shape index (κ1) is 11.2. The van der Waals surface area contributed by atoms with Gasteiger partial charge in [-0.15, -0.1) is 12.6 Å². The summed E-state index contributed by atoms with van der Waals surface area (Å²) in [6.45, 7) is 5.77. The van der Waals surface area contributed by atoms with Gasteiger partial charge in [-0.1, -0.05) is 18.7 Å². The van der Waals surface area contributed by atoms with Gasteiger partial charge in [-0.2, -0.15) is 0 Å². The van der Waals surface area contributed by atoms with Crippen LogP contribution in [-0.2, 0) is 4.79 Å². The molecule has 2 nitrogen and oxygen atoms in total. The van der Waals surface area contributed by atoms with E-state index in [1.165, 1.54) is 6.08 Å². The molecule has 0 fully saturated rings. The highest BCUT2D eigenvalue weighted by atomic mass is 32.1. The minimum absolute atomic E-state index is 0.294. The molecular formula is C9H13NOS. The van der Waals surface area contributed by atoms with E-state index in [2.05, 4.69) is 19.2 Å². The second-order valence-electron chi connectivity index (χ2n) is 2.18. The molecule has 0 radical (unpaired) electrons. The lowest BCUT2D eigenvalue weighted by Gasteiger charge is -1.97. The van der Waals surface area contributed by atoms with Crippen molar-refractivity contribution in [1.29, 1.82) is 0 Å². The number of carbonyl (C=O) groups is 1. The van der Waals surface area contributed by atoms with Crippen molar-refractivity contribution in [2.75, 3.05) is 6.54 Å². The molecule has 0 aliphatic rings. The van der Waals surface area contributed by atoms with Gasteiger partial charge in [0.15, 0.2) is 0 Å². The average Bonchev–Trinajstić information content (AvgIpc) is 2.06. The van der Waals surface area contributed by atoms with Crippen molar-refractivity contribution >= 4 is 17.7 Å². The highest BCUT2D eigenvalue weighted by Gasteiger charge is 1.99. The second kappa shape index (κ2) is 5.80. The smallest absolute Gasteiger partial charge is 0.216 e. The first-order valence-electron chi connectivity index (χ1n) is 3.58. The van der Waals surface area contributed by atoms with Gasteiger partial charge >= 0.3 is 0 Å². The minimum Gasteiger partial charge on any atom is -0.327 e. The normalized spacial score (nSPS) is 12.9. The van der Waals surface area contributed by atoms with E-state index in [-0.39, 0.29) is 5.12 Å². The molecule has 0 saturated heterocycles. The van der Waals surface area contributed by atoms with Crippen LogP contribution < -0.4 is 5.73 Å². The summed E-state index contributed by atoms with van der Waals surface area (Å²) in [5.74, 6) is 0. The third-order valence-electron chi connectivity index (χ3n) is 1.41. The van der Waals surface area contributed by atoms with Crippen molar-refractivity contribution in [3.05, 3.63) is 36.0 Å². The summed E-state index contributed by atoms with van der Waals surface area (Å²) in [6.07, 6.45) is 5.00. The van der Waals surface area contributed by atoms with Crippen LogP contribution in [0.5, 0.6) is 0 Å². The van der Waals surface area contributed by atoms with Gasteiger partial charge in [0, 0.05) is 12.1 Å². The Kier molecular flexibility index (Phi) is 5.41. The second-order valence-corrected chi connectivity index (χ2v) is 2.58. The topological polar surface area (TPSA) is 43.1 Å². The fourth-order valence-electron chi connectivity index (χ4n) is 0.668. The summed E-state index contributed by atoms with van der Waals surface area (Å²) in [5.41, 5.74) is 6.77. The SMILES string of the molecule is C=C/C(=C\C(=C/C)CN)C(=O)S. The Balaban J connectivity index is 4.70. The molecule has 2 N–H and O–H groups in total. The predicted octanol–water partition coefficient (Wildman–Crippen LogP) is 1.46. The number of nitrogens with two attached hydrogens (primary N) is 1. The molecule has 0 aromatic heterocycles. The number of hydrogen-bond donors (Lipinski definition) is 2. The Hall–Kier alpha value is -0.800. The predicted molar refractivity (Wildman–Crippen MR) is 55.1 cm³/mol. The first-order valence-corrected chi connectivity index (χ1v) is 4.03. The van der Waals surface area contributed by atoms with Crippen LogP contribution in [0.1, 0.15) is 6.92 Å². The average molecular weight is 183 g/mol. The van der Waals surface area contributed by atoms with Crippen LogP contribution in [0, 0.1) is 0 Å². The molecule has 0 aromatic carbocycles. The molecule has 0 heterocycles. The molecule has 12 heavy (non-hydrogen) atoms. The first-order chi connectivity index (χ1) is 5.65. The van der Waals surface area contributed by atoms with E-state index in [0.717, 1.165) is 5.57 Å². The van der Waals surface area contributed by atoms with Gasteiger partial charge in [0.05, 0.1) is 0 Å². The number of thiol groups is 1. The third-order valence-corrected chi connectivity index (χ3v) is 1.67. The maximum Gasteiger partial charge on any atom is 0.216 e. The van der Waals surface area contributed by atoms with Crippen LogP contribution in [0.25, 0.3) is 0 Å². The monoisotopic (exact) mass is 183 g/mol. The van der Waals surface area contributed by atoms with E-state index in [1.807, 2.05) is 13.0 Å². The summed E-state index contributed by atoms with van der Waals surface area (Å²) < 4.78 is 0. The fourth-order valence-corrected chi connectivity index (χ4v) is 0.824. The highest BCUT2D eigenvalue weighted by Crippen LogP contribution is 2.05. The molecule has 0 rings (SSSR count). The molecule has 0 spiro atoms. The van der Waals surface area contributed by atoms with E-state index in [4.69, 9.17) is 5.73 Å². The van der Waals surface area contributed by atoms with E-state index in [0.29, 0.717) is 12.1 Å². The summed E-state index contributed by atoms with van der Waals surface area (Å²) in [6, 6.07) is 0. The maximum absolute atomic E-state index is 10.8. The Morgan fingerprint density at radius 3 is 2.50 bits per heavy atom. The molecule has 0 aliphatic carbocycles. The zero-order valence-electron chi connectivity index (χ0n) is 7.08. The number of carbonyl (C=O) groups excluding carboxylic acids is 1. The molecule has 0 aliphatic heterocycles. The summed E-state index contributed by atoms with van der Waals surface area (Å²) in [4.78, 5) is 10.8. The fraction of sp³-hybridized carbons (Fsp3) is 0.222. The molecule has 0 atom stereocenters. The van der Waals surface area contributed by atoms with Gasteiger partial charge in [0.2, 0.25) is 5.12 Å². The Morgan fingerprint density at radius 1 is 1.67 bits per heavy atom. The minimum atomic E-state index is -0.294. The molecule has 0 bridgehead atoms. The van der Waals surface area contributed by atoms with Crippen molar-refractivity contribution in [3.63, 3.8) is 0 Å². The van der Waals surface area contributed by atoms with Gasteiger partial charge in [-0.3, -0.25) is 4.79 Å². The standard InChI is InChI=1S/C9H13NOS/c1-3-7(6-10)5-8(4-2)9(11)12/h3-5H,2,6,10H2,1H3,(H,11,12)/b7-3+,8-5+.